The van der Waals surface area contributed by atoms with Gasteiger partial charge in [0, 0.05) is 38.1 Å². The van der Waals surface area contributed by atoms with Gasteiger partial charge in [-0.05, 0) is 17.7 Å². The fourth-order valence-corrected chi connectivity index (χ4v) is 2.43. The molecule has 1 heterocycles. The second-order valence-electron chi connectivity index (χ2n) is 5.42. The van der Waals surface area contributed by atoms with Crippen LogP contribution in [0, 0.1) is 5.82 Å². The van der Waals surface area contributed by atoms with Crippen molar-refractivity contribution in [3.05, 3.63) is 35.6 Å². The van der Waals surface area contributed by atoms with E-state index in [-0.39, 0.29) is 11.2 Å². The van der Waals surface area contributed by atoms with E-state index in [4.69, 9.17) is 0 Å². The van der Waals surface area contributed by atoms with Crippen LogP contribution in [0.2, 0.25) is 0 Å². The number of hydrogen-bond donors (Lipinski definition) is 1. The van der Waals surface area contributed by atoms with Crippen molar-refractivity contribution < 1.29 is 4.39 Å². The molecule has 0 aliphatic carbocycles. The van der Waals surface area contributed by atoms with Crippen molar-refractivity contribution in [3.8, 4) is 0 Å². The van der Waals surface area contributed by atoms with Gasteiger partial charge < -0.3 is 5.32 Å². The van der Waals surface area contributed by atoms with E-state index in [1.165, 1.54) is 6.07 Å². The van der Waals surface area contributed by atoms with Crippen LogP contribution in [0.5, 0.6) is 0 Å². The number of nitrogens with zero attached hydrogens (tertiary/aromatic N) is 1. The zero-order chi connectivity index (χ0) is 12.3. The second-order valence-corrected chi connectivity index (χ2v) is 5.42. The summed E-state index contributed by atoms with van der Waals surface area (Å²) in [5, 5.41) is 3.35. The van der Waals surface area contributed by atoms with Crippen LogP contribution in [0.3, 0.4) is 0 Å². The summed E-state index contributed by atoms with van der Waals surface area (Å²) in [5.41, 5.74) is 1.08. The van der Waals surface area contributed by atoms with Crippen LogP contribution in [-0.4, -0.2) is 37.6 Å². The molecule has 0 atom stereocenters. The van der Waals surface area contributed by atoms with E-state index in [0.29, 0.717) is 0 Å². The summed E-state index contributed by atoms with van der Waals surface area (Å²) in [6, 6.07) is 6.97. The molecule has 1 N–H and O–H groups in total. The molecule has 2 rings (SSSR count). The van der Waals surface area contributed by atoms with E-state index in [1.54, 1.807) is 12.1 Å². The molecule has 1 aromatic carbocycles. The lowest BCUT2D eigenvalue weighted by molar-refractivity contribution is 0.200. The minimum Gasteiger partial charge on any atom is -0.314 e. The summed E-state index contributed by atoms with van der Waals surface area (Å²) in [4.78, 5) is 2.45. The van der Waals surface area contributed by atoms with Crippen molar-refractivity contribution in [3.63, 3.8) is 0 Å². The van der Waals surface area contributed by atoms with Crippen molar-refractivity contribution in [2.75, 3.05) is 32.7 Å². The summed E-state index contributed by atoms with van der Waals surface area (Å²) in [7, 11) is 0. The molecule has 1 aliphatic heterocycles. The first-order valence-corrected chi connectivity index (χ1v) is 6.27. The monoisotopic (exact) mass is 236 g/mol. The average Bonchev–Trinajstić information content (AvgIpc) is 2.30. The Hall–Kier alpha value is -0.930. The Morgan fingerprint density at radius 2 is 2.00 bits per heavy atom. The SMILES string of the molecule is CC(C)(CN1CCNCC1)c1cccc(F)c1. The van der Waals surface area contributed by atoms with Gasteiger partial charge in [0.05, 0.1) is 0 Å². The van der Waals surface area contributed by atoms with Gasteiger partial charge in [-0.25, -0.2) is 4.39 Å². The van der Waals surface area contributed by atoms with E-state index < -0.39 is 0 Å². The van der Waals surface area contributed by atoms with Crippen LogP contribution in [0.1, 0.15) is 19.4 Å². The second kappa shape index (κ2) is 5.15. The molecule has 0 unspecified atom stereocenters. The average molecular weight is 236 g/mol. The molecule has 0 saturated carbocycles. The highest BCUT2D eigenvalue weighted by atomic mass is 19.1. The van der Waals surface area contributed by atoms with Crippen LogP contribution in [-0.2, 0) is 5.41 Å². The molecule has 1 fully saturated rings. The summed E-state index contributed by atoms with van der Waals surface area (Å²) < 4.78 is 13.3. The first kappa shape index (κ1) is 12.5. The molecule has 0 amide bonds. The fourth-order valence-electron chi connectivity index (χ4n) is 2.43. The Labute approximate surface area is 103 Å². The van der Waals surface area contributed by atoms with Crippen LogP contribution in [0.25, 0.3) is 0 Å². The van der Waals surface area contributed by atoms with Gasteiger partial charge in [0.25, 0.3) is 0 Å². The quantitative estimate of drug-likeness (QED) is 0.863. The van der Waals surface area contributed by atoms with Crippen molar-refractivity contribution >= 4 is 0 Å². The van der Waals surface area contributed by atoms with Gasteiger partial charge in [0.15, 0.2) is 0 Å². The van der Waals surface area contributed by atoms with Gasteiger partial charge in [-0.1, -0.05) is 26.0 Å². The Bertz CT molecular complexity index is 370. The van der Waals surface area contributed by atoms with Gasteiger partial charge in [0.1, 0.15) is 5.82 Å². The van der Waals surface area contributed by atoms with E-state index in [9.17, 15) is 4.39 Å². The lowest BCUT2D eigenvalue weighted by atomic mass is 9.84. The standard InChI is InChI=1S/C14H21FN2/c1-14(2,11-17-8-6-16-7-9-17)12-4-3-5-13(15)10-12/h3-5,10,16H,6-9,11H2,1-2H3. The van der Waals surface area contributed by atoms with Crippen molar-refractivity contribution in [2.24, 2.45) is 0 Å². The number of piperazine rings is 1. The normalized spacial score (nSPS) is 18.3. The summed E-state index contributed by atoms with van der Waals surface area (Å²) >= 11 is 0. The predicted molar refractivity (Wildman–Crippen MR) is 68.7 cm³/mol. The van der Waals surface area contributed by atoms with Gasteiger partial charge in [-0.2, -0.15) is 0 Å². The smallest absolute Gasteiger partial charge is 0.123 e. The highest BCUT2D eigenvalue weighted by Gasteiger charge is 2.25. The molecule has 17 heavy (non-hydrogen) atoms. The lowest BCUT2D eigenvalue weighted by Gasteiger charge is -2.35. The molecule has 2 nitrogen and oxygen atoms in total. The van der Waals surface area contributed by atoms with Gasteiger partial charge >= 0.3 is 0 Å². The molecule has 0 aromatic heterocycles. The van der Waals surface area contributed by atoms with Crippen molar-refractivity contribution in [1.82, 2.24) is 10.2 Å². The zero-order valence-corrected chi connectivity index (χ0v) is 10.7. The lowest BCUT2D eigenvalue weighted by Crippen LogP contribution is -2.47. The zero-order valence-electron chi connectivity index (χ0n) is 10.7. The van der Waals surface area contributed by atoms with Crippen molar-refractivity contribution in [1.29, 1.82) is 0 Å². The summed E-state index contributed by atoms with van der Waals surface area (Å²) in [5.74, 6) is -0.143. The molecular weight excluding hydrogens is 215 g/mol. The highest BCUT2D eigenvalue weighted by molar-refractivity contribution is 5.25. The maximum Gasteiger partial charge on any atom is 0.123 e. The van der Waals surface area contributed by atoms with Crippen molar-refractivity contribution in [2.45, 2.75) is 19.3 Å². The number of nitrogens with one attached hydrogen (secondary N) is 1. The third-order valence-corrected chi connectivity index (χ3v) is 3.43. The maximum absolute atomic E-state index is 13.3. The molecule has 0 spiro atoms. The third kappa shape index (κ3) is 3.27. The number of halogens is 1. The van der Waals surface area contributed by atoms with E-state index >= 15 is 0 Å². The predicted octanol–water partition coefficient (Wildman–Crippen LogP) is 2.01. The van der Waals surface area contributed by atoms with Gasteiger partial charge in [-0.3, -0.25) is 4.90 Å². The molecule has 1 saturated heterocycles. The van der Waals surface area contributed by atoms with Crippen LogP contribution in [0.4, 0.5) is 4.39 Å². The van der Waals surface area contributed by atoms with Crippen LogP contribution in [0.15, 0.2) is 24.3 Å². The molecular formula is C14H21FN2. The summed E-state index contributed by atoms with van der Waals surface area (Å²) in [6.07, 6.45) is 0. The van der Waals surface area contributed by atoms with E-state index in [2.05, 4.69) is 24.1 Å². The topological polar surface area (TPSA) is 15.3 Å². The molecule has 0 bridgehead atoms. The third-order valence-electron chi connectivity index (χ3n) is 3.43. The Kier molecular flexibility index (Phi) is 3.79. The molecule has 3 heteroatoms. The fraction of sp³-hybridized carbons (Fsp3) is 0.571. The number of hydrogen-bond acceptors (Lipinski definition) is 2. The van der Waals surface area contributed by atoms with Gasteiger partial charge in [-0.15, -0.1) is 0 Å². The Balaban J connectivity index is 2.06. The Morgan fingerprint density at radius 3 is 2.65 bits per heavy atom. The minimum atomic E-state index is -0.143. The molecule has 1 aliphatic rings. The number of benzene rings is 1. The molecule has 1 aromatic rings. The minimum absolute atomic E-state index is 0.000556. The first-order valence-electron chi connectivity index (χ1n) is 6.27. The highest BCUT2D eigenvalue weighted by Crippen LogP contribution is 2.25. The largest absolute Gasteiger partial charge is 0.314 e. The van der Waals surface area contributed by atoms with Gasteiger partial charge in [0.2, 0.25) is 0 Å². The first-order chi connectivity index (χ1) is 8.08. The number of rotatable bonds is 3. The molecule has 0 radical (unpaired) electrons. The van der Waals surface area contributed by atoms with Crippen LogP contribution >= 0.6 is 0 Å². The Morgan fingerprint density at radius 1 is 1.29 bits per heavy atom. The van der Waals surface area contributed by atoms with E-state index in [0.717, 1.165) is 38.3 Å². The molecule has 94 valence electrons. The summed E-state index contributed by atoms with van der Waals surface area (Å²) in [6.45, 7) is 9.63. The maximum atomic E-state index is 13.3. The van der Waals surface area contributed by atoms with Crippen LogP contribution < -0.4 is 5.32 Å². The van der Waals surface area contributed by atoms with E-state index in [1.807, 2.05) is 6.07 Å².